The highest BCUT2D eigenvalue weighted by Crippen LogP contribution is 2.35. The predicted octanol–water partition coefficient (Wildman–Crippen LogP) is 2.05. The first kappa shape index (κ1) is 13.9. The zero-order valence-electron chi connectivity index (χ0n) is 12.8. The molecule has 2 heterocycles. The first-order valence-corrected chi connectivity index (χ1v) is 8.39. The van der Waals surface area contributed by atoms with E-state index in [-0.39, 0.29) is 17.6 Å². The van der Waals surface area contributed by atoms with E-state index in [4.69, 9.17) is 0 Å². The first-order valence-electron chi connectivity index (χ1n) is 8.39. The van der Waals surface area contributed by atoms with Gasteiger partial charge >= 0.3 is 0 Å². The summed E-state index contributed by atoms with van der Waals surface area (Å²) in [5.41, 5.74) is 1.68. The Bertz CT molecular complexity index is 613. The van der Waals surface area contributed by atoms with E-state index >= 15 is 0 Å². The van der Waals surface area contributed by atoms with E-state index in [2.05, 4.69) is 4.90 Å². The van der Waals surface area contributed by atoms with Crippen molar-refractivity contribution in [2.24, 2.45) is 0 Å². The molecule has 1 aliphatic carbocycles. The van der Waals surface area contributed by atoms with Crippen molar-refractivity contribution in [2.45, 2.75) is 37.6 Å². The number of fused-ring (bicyclic) bond motifs is 2. The van der Waals surface area contributed by atoms with Gasteiger partial charge in [0, 0.05) is 37.7 Å². The minimum Gasteiger partial charge on any atom is -0.341 e. The van der Waals surface area contributed by atoms with E-state index in [0.29, 0.717) is 12.5 Å². The Morgan fingerprint density at radius 3 is 2.82 bits per heavy atom. The van der Waals surface area contributed by atoms with Crippen LogP contribution < -0.4 is 0 Å². The Kier molecular flexibility index (Phi) is 3.49. The summed E-state index contributed by atoms with van der Waals surface area (Å²) in [6.45, 7) is 3.95. The third-order valence-corrected chi connectivity index (χ3v) is 5.44. The molecule has 4 heteroatoms. The van der Waals surface area contributed by atoms with Crippen molar-refractivity contribution in [3.05, 3.63) is 35.4 Å². The van der Waals surface area contributed by atoms with E-state index in [1.165, 1.54) is 19.4 Å². The number of Topliss-reactive ketones (excluding diaryl/α,β-unsaturated/α-hetero) is 1. The minimum absolute atomic E-state index is 0.117. The van der Waals surface area contributed by atoms with E-state index < -0.39 is 0 Å². The van der Waals surface area contributed by atoms with Gasteiger partial charge in [-0.05, 0) is 31.4 Å². The number of carbonyl (C=O) groups is 2. The summed E-state index contributed by atoms with van der Waals surface area (Å²) in [5, 5.41) is 0. The molecule has 0 radical (unpaired) electrons. The summed E-state index contributed by atoms with van der Waals surface area (Å²) in [4.78, 5) is 29.7. The molecule has 0 spiro atoms. The lowest BCUT2D eigenvalue weighted by atomic mass is 9.99. The van der Waals surface area contributed by atoms with Gasteiger partial charge in [0.2, 0.25) is 5.91 Å². The lowest BCUT2D eigenvalue weighted by molar-refractivity contribution is -0.133. The topological polar surface area (TPSA) is 40.6 Å². The fourth-order valence-corrected chi connectivity index (χ4v) is 4.31. The second kappa shape index (κ2) is 5.51. The van der Waals surface area contributed by atoms with Crippen LogP contribution >= 0.6 is 0 Å². The Morgan fingerprint density at radius 1 is 1.09 bits per heavy atom. The first-order chi connectivity index (χ1) is 10.7. The number of benzene rings is 1. The van der Waals surface area contributed by atoms with Crippen LogP contribution in [0.5, 0.6) is 0 Å². The van der Waals surface area contributed by atoms with Gasteiger partial charge in [-0.2, -0.15) is 0 Å². The van der Waals surface area contributed by atoms with E-state index in [9.17, 15) is 9.59 Å². The van der Waals surface area contributed by atoms with Crippen LogP contribution in [0.4, 0.5) is 0 Å². The highest BCUT2D eigenvalue weighted by Gasteiger charge is 2.38. The van der Waals surface area contributed by atoms with Gasteiger partial charge in [-0.3, -0.25) is 14.5 Å². The molecule has 22 heavy (non-hydrogen) atoms. The van der Waals surface area contributed by atoms with Crippen molar-refractivity contribution >= 4 is 11.7 Å². The Balaban J connectivity index is 1.56. The number of carbonyl (C=O) groups excluding carboxylic acids is 2. The largest absolute Gasteiger partial charge is 0.341 e. The summed E-state index contributed by atoms with van der Waals surface area (Å²) in [6.07, 6.45) is 3.84. The zero-order valence-corrected chi connectivity index (χ0v) is 12.8. The second-order valence-electron chi connectivity index (χ2n) is 6.74. The second-order valence-corrected chi connectivity index (χ2v) is 6.74. The predicted molar refractivity (Wildman–Crippen MR) is 83.9 cm³/mol. The molecule has 2 saturated heterocycles. The van der Waals surface area contributed by atoms with Crippen LogP contribution in [-0.4, -0.2) is 53.7 Å². The van der Waals surface area contributed by atoms with Crippen molar-refractivity contribution in [2.75, 3.05) is 26.2 Å². The minimum atomic E-state index is -0.253. The lowest BCUT2D eigenvalue weighted by Gasteiger charge is -2.27. The molecule has 2 aliphatic heterocycles. The van der Waals surface area contributed by atoms with Crippen LogP contribution in [0.1, 0.15) is 47.5 Å². The number of amides is 1. The maximum absolute atomic E-state index is 13.0. The van der Waals surface area contributed by atoms with Gasteiger partial charge in [-0.25, -0.2) is 0 Å². The number of hydrogen-bond donors (Lipinski definition) is 0. The molecular formula is C18H22N2O2. The highest BCUT2D eigenvalue weighted by atomic mass is 16.2. The summed E-state index contributed by atoms with van der Waals surface area (Å²) in [6, 6.07) is 8.14. The fourth-order valence-electron chi connectivity index (χ4n) is 4.31. The third-order valence-electron chi connectivity index (χ3n) is 5.44. The number of rotatable bonds is 1. The average Bonchev–Trinajstić information content (AvgIpc) is 3.05. The Labute approximate surface area is 131 Å². The van der Waals surface area contributed by atoms with Gasteiger partial charge in [-0.15, -0.1) is 0 Å². The van der Waals surface area contributed by atoms with Gasteiger partial charge in [0.05, 0.1) is 5.92 Å². The quantitative estimate of drug-likeness (QED) is 0.797. The van der Waals surface area contributed by atoms with E-state index in [0.717, 1.165) is 37.2 Å². The molecule has 1 aromatic rings. The summed E-state index contributed by atoms with van der Waals surface area (Å²) in [5.74, 6) is 0.0231. The summed E-state index contributed by atoms with van der Waals surface area (Å²) < 4.78 is 0. The van der Waals surface area contributed by atoms with Gasteiger partial charge in [0.1, 0.15) is 0 Å². The summed E-state index contributed by atoms with van der Waals surface area (Å²) >= 11 is 0. The van der Waals surface area contributed by atoms with Crippen molar-refractivity contribution < 1.29 is 9.59 Å². The maximum Gasteiger partial charge on any atom is 0.230 e. The molecule has 0 N–H and O–H groups in total. The van der Waals surface area contributed by atoms with Gasteiger partial charge in [-0.1, -0.05) is 24.3 Å². The maximum atomic E-state index is 13.0. The molecule has 116 valence electrons. The molecule has 3 aliphatic rings. The zero-order chi connectivity index (χ0) is 15.1. The van der Waals surface area contributed by atoms with Gasteiger partial charge in [0.15, 0.2) is 5.78 Å². The van der Waals surface area contributed by atoms with Crippen molar-refractivity contribution in [3.63, 3.8) is 0 Å². The molecule has 0 aromatic heterocycles. The molecule has 0 bridgehead atoms. The molecule has 1 amide bonds. The summed E-state index contributed by atoms with van der Waals surface area (Å²) in [7, 11) is 0. The molecule has 4 rings (SSSR count). The van der Waals surface area contributed by atoms with Crippen LogP contribution in [-0.2, 0) is 4.79 Å². The fraction of sp³-hybridized carbons (Fsp3) is 0.556. The van der Waals surface area contributed by atoms with Crippen molar-refractivity contribution in [1.82, 2.24) is 9.80 Å². The number of nitrogens with zero attached hydrogens (tertiary/aromatic N) is 2. The molecule has 4 nitrogen and oxygen atoms in total. The lowest BCUT2D eigenvalue weighted by Crippen LogP contribution is -2.41. The Morgan fingerprint density at radius 2 is 1.91 bits per heavy atom. The van der Waals surface area contributed by atoms with Crippen LogP contribution in [0.15, 0.2) is 24.3 Å². The number of ketones is 1. The van der Waals surface area contributed by atoms with Crippen molar-refractivity contribution in [3.8, 4) is 0 Å². The molecule has 0 saturated carbocycles. The van der Waals surface area contributed by atoms with E-state index in [1.54, 1.807) is 0 Å². The molecular weight excluding hydrogens is 276 g/mol. The van der Waals surface area contributed by atoms with E-state index in [1.807, 2.05) is 29.2 Å². The average molecular weight is 298 g/mol. The SMILES string of the molecule is O=C1CC(C(=O)N2CCCN3CCCC3C2)c2ccccc21. The molecule has 2 atom stereocenters. The normalized spacial score (nSPS) is 28.4. The van der Waals surface area contributed by atoms with Crippen LogP contribution in [0.25, 0.3) is 0 Å². The molecule has 2 unspecified atom stereocenters. The van der Waals surface area contributed by atoms with Crippen LogP contribution in [0.3, 0.4) is 0 Å². The molecule has 1 aromatic carbocycles. The highest BCUT2D eigenvalue weighted by molar-refractivity contribution is 6.06. The van der Waals surface area contributed by atoms with Crippen molar-refractivity contribution in [1.29, 1.82) is 0 Å². The number of hydrogen-bond acceptors (Lipinski definition) is 3. The Hall–Kier alpha value is -1.68. The van der Waals surface area contributed by atoms with Crippen LogP contribution in [0.2, 0.25) is 0 Å². The molecule has 2 fully saturated rings. The smallest absolute Gasteiger partial charge is 0.230 e. The van der Waals surface area contributed by atoms with Gasteiger partial charge in [0.25, 0.3) is 0 Å². The van der Waals surface area contributed by atoms with Crippen LogP contribution in [0, 0.1) is 0 Å². The monoisotopic (exact) mass is 298 g/mol. The standard InChI is InChI=1S/C18H22N2O2/c21-17-11-16(14-6-1-2-7-15(14)17)18(22)20-10-4-9-19-8-3-5-13(19)12-20/h1-2,6-7,13,16H,3-5,8-12H2. The van der Waals surface area contributed by atoms with Gasteiger partial charge < -0.3 is 4.90 Å². The third kappa shape index (κ3) is 2.26.